The molecule has 1 N–H and O–H groups in total. The van der Waals surface area contributed by atoms with Crippen LogP contribution in [0.2, 0.25) is 0 Å². The number of rotatable bonds is 8. The zero-order valence-electron chi connectivity index (χ0n) is 24.8. The maximum absolute atomic E-state index is 14.7. The van der Waals surface area contributed by atoms with E-state index in [9.17, 15) is 19.5 Å². The molecule has 222 valence electrons. The van der Waals surface area contributed by atoms with E-state index in [1.165, 1.54) is 11.8 Å². The minimum absolute atomic E-state index is 0.189. The van der Waals surface area contributed by atoms with E-state index < -0.39 is 39.4 Å². The van der Waals surface area contributed by atoms with Crippen LogP contribution in [0.5, 0.6) is 0 Å². The Morgan fingerprint density at radius 3 is 2.39 bits per heavy atom. The molecule has 1 aromatic rings. The molecule has 4 aliphatic rings. The van der Waals surface area contributed by atoms with Crippen LogP contribution >= 0.6 is 11.8 Å². The summed E-state index contributed by atoms with van der Waals surface area (Å²) in [5, 5.41) is 10.5. The molecule has 0 aromatic heterocycles. The molecule has 1 aromatic carbocycles. The van der Waals surface area contributed by atoms with Crippen LogP contribution < -0.4 is 9.80 Å². The van der Waals surface area contributed by atoms with Gasteiger partial charge in [0.25, 0.3) is 5.91 Å². The molecule has 2 amide bonds. The number of benzene rings is 1. The fourth-order valence-electron chi connectivity index (χ4n) is 7.30. The van der Waals surface area contributed by atoms with Gasteiger partial charge in [0, 0.05) is 35.8 Å². The highest BCUT2D eigenvalue weighted by atomic mass is 32.2. The first kappa shape index (κ1) is 29.7. The molecule has 41 heavy (non-hydrogen) atoms. The van der Waals surface area contributed by atoms with Crippen molar-refractivity contribution >= 4 is 40.9 Å². The molecule has 9 heteroatoms. The van der Waals surface area contributed by atoms with Gasteiger partial charge in [0.05, 0.1) is 35.8 Å². The summed E-state index contributed by atoms with van der Waals surface area (Å²) in [5.41, 5.74) is 1.84. The Morgan fingerprint density at radius 1 is 1.05 bits per heavy atom. The second-order valence-electron chi connectivity index (χ2n) is 12.1. The van der Waals surface area contributed by atoms with Crippen LogP contribution in [0, 0.1) is 17.8 Å². The number of ether oxygens (including phenoxy) is 1. The molecule has 1 spiro atoms. The lowest BCUT2D eigenvalue weighted by molar-refractivity contribution is -0.154. The Morgan fingerprint density at radius 2 is 1.76 bits per heavy atom. The number of anilines is 2. The number of aliphatic hydroxyl groups excluding tert-OH is 1. The van der Waals surface area contributed by atoms with Crippen LogP contribution in [0.1, 0.15) is 47.5 Å². The van der Waals surface area contributed by atoms with Gasteiger partial charge in [-0.2, -0.15) is 0 Å². The van der Waals surface area contributed by atoms with Crippen molar-refractivity contribution in [2.75, 3.05) is 42.6 Å². The fraction of sp³-hybridized carbons (Fsp3) is 0.594. The Kier molecular flexibility index (Phi) is 8.32. The average Bonchev–Trinajstić information content (AvgIpc) is 3.27. The minimum Gasteiger partial charge on any atom is -0.465 e. The molecule has 0 saturated carbocycles. The minimum atomic E-state index is -0.971. The monoisotopic (exact) mass is 581 g/mol. The first-order valence-electron chi connectivity index (χ1n) is 14.9. The number of likely N-dealkylation sites (tertiary alicyclic amines) is 1. The van der Waals surface area contributed by atoms with Gasteiger partial charge in [-0.1, -0.05) is 38.2 Å². The van der Waals surface area contributed by atoms with E-state index in [4.69, 9.17) is 4.74 Å². The van der Waals surface area contributed by atoms with Gasteiger partial charge >= 0.3 is 5.97 Å². The molecule has 1 unspecified atom stereocenters. The van der Waals surface area contributed by atoms with Crippen LogP contribution in [0.4, 0.5) is 11.4 Å². The number of esters is 1. The molecule has 5 rings (SSSR count). The molecule has 6 atom stereocenters. The Bertz CT molecular complexity index is 1230. The van der Waals surface area contributed by atoms with Gasteiger partial charge in [-0.25, -0.2) is 0 Å². The number of carbonyl (C=O) groups excluding carboxylic acids is 3. The van der Waals surface area contributed by atoms with Crippen molar-refractivity contribution in [3.8, 4) is 0 Å². The second kappa shape index (κ2) is 11.5. The van der Waals surface area contributed by atoms with E-state index in [1.54, 1.807) is 9.80 Å². The van der Waals surface area contributed by atoms with Crippen molar-refractivity contribution in [2.24, 2.45) is 17.8 Å². The Balaban J connectivity index is 1.62. The van der Waals surface area contributed by atoms with Gasteiger partial charge in [0.1, 0.15) is 6.04 Å². The summed E-state index contributed by atoms with van der Waals surface area (Å²) in [7, 11) is 0. The highest BCUT2D eigenvalue weighted by Gasteiger charge is 2.74. The van der Waals surface area contributed by atoms with Crippen molar-refractivity contribution < 1.29 is 24.2 Å². The summed E-state index contributed by atoms with van der Waals surface area (Å²) < 4.78 is 3.95. The van der Waals surface area contributed by atoms with E-state index in [0.29, 0.717) is 19.4 Å². The van der Waals surface area contributed by atoms with Gasteiger partial charge in [0.2, 0.25) is 5.91 Å². The SMILES string of the molecule is CCN(CC)c1ccc(N2CC=C[C@]34S[C@]5(C)C=CCCOC(=O)[C@@H]5[C@H]3C(=O)N([C@@H](CO)CC(C)C)C4C2=O)cc1. The first-order chi connectivity index (χ1) is 19.6. The first-order valence-corrected chi connectivity index (χ1v) is 15.7. The normalized spacial score (nSPS) is 31.8. The number of amides is 2. The molecule has 4 heterocycles. The zero-order valence-corrected chi connectivity index (χ0v) is 25.6. The van der Waals surface area contributed by atoms with Crippen LogP contribution in [0.25, 0.3) is 0 Å². The summed E-state index contributed by atoms with van der Waals surface area (Å²) in [6.07, 6.45) is 9.20. The number of cyclic esters (lactones) is 1. The predicted molar refractivity (Wildman–Crippen MR) is 163 cm³/mol. The number of hydrogen-bond acceptors (Lipinski definition) is 7. The van der Waals surface area contributed by atoms with Gasteiger partial charge in [-0.05, 0) is 63.8 Å². The number of nitrogens with zero attached hydrogens (tertiary/aromatic N) is 3. The van der Waals surface area contributed by atoms with Crippen molar-refractivity contribution in [1.29, 1.82) is 0 Å². The molecular formula is C32H43N3O5S. The van der Waals surface area contributed by atoms with Gasteiger partial charge in [-0.15, -0.1) is 11.8 Å². The average molecular weight is 582 g/mol. The molecule has 0 bridgehead atoms. The lowest BCUT2D eigenvalue weighted by Gasteiger charge is -2.40. The lowest BCUT2D eigenvalue weighted by Crippen LogP contribution is -2.57. The summed E-state index contributed by atoms with van der Waals surface area (Å²) in [6.45, 7) is 12.4. The standard InChI is InChI=1S/C32H43N3O5S/c1-6-33(7-2)22-11-13-23(14-12-22)34-17-10-16-32-25(26-30(39)40-18-9-8-15-31(26,5)41-32)28(37)35(27(32)29(34)38)24(20-36)19-21(3)4/h8,10-16,21,24-27,36H,6-7,9,17-20H2,1-5H3/t24-,25+,26+,27?,31-,32+/m1/s1. The van der Waals surface area contributed by atoms with E-state index >= 15 is 0 Å². The summed E-state index contributed by atoms with van der Waals surface area (Å²) in [5.74, 6) is -2.14. The van der Waals surface area contributed by atoms with Crippen molar-refractivity contribution in [3.05, 3.63) is 48.6 Å². The Labute approximate surface area is 247 Å². The number of fused-ring (bicyclic) bond motifs is 2. The lowest BCUT2D eigenvalue weighted by atomic mass is 9.74. The molecule has 2 saturated heterocycles. The predicted octanol–water partition coefficient (Wildman–Crippen LogP) is 4.03. The van der Waals surface area contributed by atoms with Crippen molar-refractivity contribution in [3.63, 3.8) is 0 Å². The van der Waals surface area contributed by atoms with Crippen LogP contribution in [-0.4, -0.2) is 82.2 Å². The number of aliphatic hydroxyl groups is 1. The summed E-state index contributed by atoms with van der Waals surface area (Å²) in [6, 6.07) is 6.58. The topological polar surface area (TPSA) is 90.4 Å². The molecule has 2 fully saturated rings. The molecule has 0 aliphatic carbocycles. The van der Waals surface area contributed by atoms with Crippen molar-refractivity contribution in [2.45, 2.75) is 69.0 Å². The third kappa shape index (κ3) is 4.88. The van der Waals surface area contributed by atoms with E-state index in [1.807, 2.05) is 69.3 Å². The molecule has 4 aliphatic heterocycles. The summed E-state index contributed by atoms with van der Waals surface area (Å²) >= 11 is 1.53. The van der Waals surface area contributed by atoms with Gasteiger partial charge in [-0.3, -0.25) is 14.4 Å². The molecule has 8 nitrogen and oxygen atoms in total. The van der Waals surface area contributed by atoms with Crippen LogP contribution in [0.15, 0.2) is 48.6 Å². The summed E-state index contributed by atoms with van der Waals surface area (Å²) in [4.78, 5) is 48.4. The zero-order chi connectivity index (χ0) is 29.5. The highest BCUT2D eigenvalue weighted by Crippen LogP contribution is 2.65. The number of carbonyl (C=O) groups is 3. The quantitative estimate of drug-likeness (QED) is 0.366. The maximum atomic E-state index is 14.7. The molecule has 0 radical (unpaired) electrons. The van der Waals surface area contributed by atoms with Gasteiger partial charge in [0.15, 0.2) is 0 Å². The fourth-order valence-corrected chi connectivity index (χ4v) is 9.44. The van der Waals surface area contributed by atoms with Gasteiger partial charge < -0.3 is 24.5 Å². The smallest absolute Gasteiger partial charge is 0.311 e. The van der Waals surface area contributed by atoms with Crippen LogP contribution in [0.3, 0.4) is 0 Å². The Hall–Kier alpha value is -2.78. The van der Waals surface area contributed by atoms with E-state index in [2.05, 4.69) is 18.7 Å². The molecular weight excluding hydrogens is 538 g/mol. The van der Waals surface area contributed by atoms with E-state index in [-0.39, 0.29) is 30.9 Å². The third-order valence-electron chi connectivity index (χ3n) is 9.10. The van der Waals surface area contributed by atoms with Crippen LogP contribution in [-0.2, 0) is 19.1 Å². The largest absolute Gasteiger partial charge is 0.465 e. The second-order valence-corrected chi connectivity index (χ2v) is 13.9. The number of hydrogen-bond donors (Lipinski definition) is 1. The van der Waals surface area contributed by atoms with E-state index in [0.717, 1.165) is 24.5 Å². The third-order valence-corrected chi connectivity index (χ3v) is 10.9. The maximum Gasteiger partial charge on any atom is 0.311 e. The van der Waals surface area contributed by atoms with Crippen molar-refractivity contribution in [1.82, 2.24) is 4.90 Å². The highest BCUT2D eigenvalue weighted by molar-refractivity contribution is 8.02. The number of thioether (sulfide) groups is 1.